The predicted molar refractivity (Wildman–Crippen MR) is 71.4 cm³/mol. The van der Waals surface area contributed by atoms with Gasteiger partial charge in [0.25, 0.3) is 0 Å². The van der Waals surface area contributed by atoms with E-state index >= 15 is 0 Å². The number of nitrogens with one attached hydrogen (secondary N) is 1. The molecular weight excluding hydrogens is 250 g/mol. The van der Waals surface area contributed by atoms with Crippen molar-refractivity contribution in [1.82, 2.24) is 4.98 Å². The number of hydrogen-bond donors (Lipinski definition) is 3. The van der Waals surface area contributed by atoms with Crippen LogP contribution >= 0.6 is 11.3 Å². The second kappa shape index (κ2) is 5.73. The van der Waals surface area contributed by atoms with Crippen molar-refractivity contribution in [3.63, 3.8) is 0 Å². The van der Waals surface area contributed by atoms with Gasteiger partial charge in [-0.1, -0.05) is 23.5 Å². The van der Waals surface area contributed by atoms with E-state index in [1.807, 2.05) is 12.1 Å². The number of benzene rings is 1. The highest BCUT2D eigenvalue weighted by Crippen LogP contribution is 2.19. The zero-order chi connectivity index (χ0) is 13.0. The van der Waals surface area contributed by atoms with Gasteiger partial charge in [-0.2, -0.15) is 0 Å². The van der Waals surface area contributed by atoms with Crippen LogP contribution < -0.4 is 4.87 Å². The fourth-order valence-corrected chi connectivity index (χ4v) is 2.56. The molecule has 0 amide bonds. The van der Waals surface area contributed by atoms with Gasteiger partial charge in [0.1, 0.15) is 5.75 Å². The summed E-state index contributed by atoms with van der Waals surface area (Å²) in [7, 11) is 0. The SMILES string of the molecule is O=c1[nH]c(O)c(CCCCc2ccc(O)cc2)s1. The van der Waals surface area contributed by atoms with Crippen LogP contribution in [-0.4, -0.2) is 15.2 Å². The Kier molecular flexibility index (Phi) is 4.04. The van der Waals surface area contributed by atoms with Crippen LogP contribution in [0.3, 0.4) is 0 Å². The molecule has 2 aromatic rings. The van der Waals surface area contributed by atoms with Gasteiger partial charge in [0.2, 0.25) is 5.88 Å². The summed E-state index contributed by atoms with van der Waals surface area (Å²) in [6.07, 6.45) is 3.55. The monoisotopic (exact) mass is 265 g/mol. The molecule has 0 fully saturated rings. The van der Waals surface area contributed by atoms with Crippen LogP contribution in [0.4, 0.5) is 0 Å². The molecule has 96 valence electrons. The first-order valence-electron chi connectivity index (χ1n) is 5.84. The largest absolute Gasteiger partial charge is 0.508 e. The summed E-state index contributed by atoms with van der Waals surface area (Å²) >= 11 is 1.07. The number of unbranched alkanes of at least 4 members (excludes halogenated alkanes) is 1. The maximum absolute atomic E-state index is 11.0. The number of H-pyrrole nitrogens is 1. The number of aryl methyl sites for hydroxylation is 2. The van der Waals surface area contributed by atoms with E-state index in [2.05, 4.69) is 4.98 Å². The van der Waals surface area contributed by atoms with E-state index in [4.69, 9.17) is 5.11 Å². The zero-order valence-corrected chi connectivity index (χ0v) is 10.7. The average molecular weight is 265 g/mol. The summed E-state index contributed by atoms with van der Waals surface area (Å²) in [6, 6.07) is 7.17. The second-order valence-corrected chi connectivity index (χ2v) is 5.23. The Balaban J connectivity index is 1.78. The van der Waals surface area contributed by atoms with Gasteiger partial charge in [0.05, 0.1) is 4.88 Å². The van der Waals surface area contributed by atoms with Crippen molar-refractivity contribution in [2.24, 2.45) is 0 Å². The standard InChI is InChI=1S/C13H15NO3S/c15-10-7-5-9(6-8-10)3-1-2-4-11-12(16)14-13(17)18-11/h5-8,15-16H,1-4H2,(H,14,17). The minimum Gasteiger partial charge on any atom is -0.508 e. The van der Waals surface area contributed by atoms with E-state index in [1.54, 1.807) is 12.1 Å². The topological polar surface area (TPSA) is 73.3 Å². The smallest absolute Gasteiger partial charge is 0.307 e. The lowest BCUT2D eigenvalue weighted by Gasteiger charge is -2.01. The summed E-state index contributed by atoms with van der Waals surface area (Å²) < 4.78 is 0. The van der Waals surface area contributed by atoms with Crippen LogP contribution in [0.5, 0.6) is 11.6 Å². The zero-order valence-electron chi connectivity index (χ0n) is 9.85. The van der Waals surface area contributed by atoms with Crippen LogP contribution in [0.1, 0.15) is 23.3 Å². The van der Waals surface area contributed by atoms with E-state index in [9.17, 15) is 9.90 Å². The lowest BCUT2D eigenvalue weighted by molar-refractivity contribution is 0.449. The molecule has 4 nitrogen and oxygen atoms in total. The van der Waals surface area contributed by atoms with Gasteiger partial charge < -0.3 is 10.2 Å². The summed E-state index contributed by atoms with van der Waals surface area (Å²) in [4.78, 5) is 13.9. The van der Waals surface area contributed by atoms with Gasteiger partial charge in [0.15, 0.2) is 0 Å². The Morgan fingerprint density at radius 2 is 1.72 bits per heavy atom. The molecular formula is C13H15NO3S. The van der Waals surface area contributed by atoms with E-state index in [1.165, 1.54) is 5.56 Å². The molecule has 5 heteroatoms. The van der Waals surface area contributed by atoms with Crippen molar-refractivity contribution in [3.8, 4) is 11.6 Å². The summed E-state index contributed by atoms with van der Waals surface area (Å²) in [5.41, 5.74) is 1.18. The Morgan fingerprint density at radius 1 is 1.06 bits per heavy atom. The lowest BCUT2D eigenvalue weighted by Crippen LogP contribution is -1.89. The third kappa shape index (κ3) is 3.37. The highest BCUT2D eigenvalue weighted by molar-refractivity contribution is 7.09. The van der Waals surface area contributed by atoms with Gasteiger partial charge in [-0.3, -0.25) is 9.78 Å². The molecule has 0 unspecified atom stereocenters. The molecule has 0 bridgehead atoms. The Hall–Kier alpha value is -1.75. The van der Waals surface area contributed by atoms with Crippen molar-refractivity contribution in [2.75, 3.05) is 0 Å². The van der Waals surface area contributed by atoms with Gasteiger partial charge in [0, 0.05) is 0 Å². The fraction of sp³-hybridized carbons (Fsp3) is 0.308. The van der Waals surface area contributed by atoms with Crippen molar-refractivity contribution in [3.05, 3.63) is 44.4 Å². The predicted octanol–water partition coefficient (Wildman–Crippen LogP) is 2.41. The molecule has 0 aliphatic carbocycles. The fourth-order valence-electron chi connectivity index (χ4n) is 1.80. The number of aromatic amines is 1. The number of rotatable bonds is 5. The van der Waals surface area contributed by atoms with E-state index in [-0.39, 0.29) is 16.5 Å². The first-order valence-corrected chi connectivity index (χ1v) is 6.65. The minimum absolute atomic E-state index is 0.00892. The lowest BCUT2D eigenvalue weighted by atomic mass is 10.1. The molecule has 3 N–H and O–H groups in total. The average Bonchev–Trinajstić information content (AvgIpc) is 2.66. The van der Waals surface area contributed by atoms with E-state index in [0.29, 0.717) is 6.42 Å². The second-order valence-electron chi connectivity index (χ2n) is 4.16. The molecule has 1 aromatic carbocycles. The molecule has 2 rings (SSSR count). The summed E-state index contributed by atoms with van der Waals surface area (Å²) in [5.74, 6) is 0.287. The molecule has 1 heterocycles. The molecule has 0 aliphatic rings. The maximum Gasteiger partial charge on any atom is 0.307 e. The maximum atomic E-state index is 11.0. The number of aromatic hydroxyl groups is 2. The molecule has 0 atom stereocenters. The highest BCUT2D eigenvalue weighted by atomic mass is 32.1. The van der Waals surface area contributed by atoms with Gasteiger partial charge in [-0.15, -0.1) is 0 Å². The molecule has 0 spiro atoms. The van der Waals surface area contributed by atoms with Gasteiger partial charge in [-0.05, 0) is 43.4 Å². The van der Waals surface area contributed by atoms with Crippen molar-refractivity contribution >= 4 is 11.3 Å². The van der Waals surface area contributed by atoms with Gasteiger partial charge in [-0.25, -0.2) is 0 Å². The van der Waals surface area contributed by atoms with Crippen LogP contribution in [0, 0.1) is 0 Å². The first-order chi connectivity index (χ1) is 8.65. The number of thiazole rings is 1. The van der Waals surface area contributed by atoms with Crippen LogP contribution in [-0.2, 0) is 12.8 Å². The van der Waals surface area contributed by atoms with Crippen molar-refractivity contribution in [1.29, 1.82) is 0 Å². The van der Waals surface area contributed by atoms with Crippen LogP contribution in [0.15, 0.2) is 29.1 Å². The minimum atomic E-state index is -0.207. The molecule has 0 saturated heterocycles. The molecule has 18 heavy (non-hydrogen) atoms. The van der Waals surface area contributed by atoms with E-state index < -0.39 is 0 Å². The van der Waals surface area contributed by atoms with Crippen LogP contribution in [0.2, 0.25) is 0 Å². The first kappa shape index (κ1) is 12.7. The molecule has 1 aromatic heterocycles. The van der Waals surface area contributed by atoms with Crippen molar-refractivity contribution < 1.29 is 10.2 Å². The summed E-state index contributed by atoms with van der Waals surface area (Å²) in [6.45, 7) is 0. The number of phenols is 1. The third-order valence-electron chi connectivity index (χ3n) is 2.76. The number of phenolic OH excluding ortho intramolecular Hbond substituents is 1. The Labute approximate surface area is 109 Å². The normalized spacial score (nSPS) is 10.7. The number of aromatic nitrogens is 1. The van der Waals surface area contributed by atoms with E-state index in [0.717, 1.165) is 35.5 Å². The molecule has 0 saturated carbocycles. The van der Waals surface area contributed by atoms with Gasteiger partial charge >= 0.3 is 4.87 Å². The Bertz CT molecular complexity index is 556. The molecule has 0 aliphatic heterocycles. The Morgan fingerprint density at radius 3 is 2.33 bits per heavy atom. The molecule has 0 radical (unpaired) electrons. The third-order valence-corrected chi connectivity index (χ3v) is 3.69. The van der Waals surface area contributed by atoms with Crippen LogP contribution in [0.25, 0.3) is 0 Å². The van der Waals surface area contributed by atoms with Crippen molar-refractivity contribution in [2.45, 2.75) is 25.7 Å². The number of hydrogen-bond acceptors (Lipinski definition) is 4. The summed E-state index contributed by atoms with van der Waals surface area (Å²) in [5, 5.41) is 18.6. The quantitative estimate of drug-likeness (QED) is 0.727. The highest BCUT2D eigenvalue weighted by Gasteiger charge is 2.05.